The molecule has 0 fully saturated rings. The monoisotopic (exact) mass is 437 g/mol. The molecule has 3 rings (SSSR count). The van der Waals surface area contributed by atoms with E-state index >= 15 is 0 Å². The number of carbonyl (C=O) groups excluding carboxylic acids is 1. The Balaban J connectivity index is 1.71. The molecule has 0 aliphatic carbocycles. The summed E-state index contributed by atoms with van der Waals surface area (Å²) in [6, 6.07) is 4.02. The van der Waals surface area contributed by atoms with Crippen molar-refractivity contribution in [3.8, 4) is 6.07 Å². The van der Waals surface area contributed by atoms with Gasteiger partial charge in [-0.3, -0.25) is 0 Å². The number of rotatable bonds is 6. The lowest BCUT2D eigenvalue weighted by molar-refractivity contribution is 0.0984. The van der Waals surface area contributed by atoms with Gasteiger partial charge in [0.15, 0.2) is 0 Å². The molecule has 2 aromatic rings. The molecule has 9 heteroatoms. The second-order valence-electron chi connectivity index (χ2n) is 6.19. The van der Waals surface area contributed by atoms with Gasteiger partial charge in [-0.2, -0.15) is 5.26 Å². The van der Waals surface area contributed by atoms with Crippen LogP contribution in [0.25, 0.3) is 6.08 Å². The van der Waals surface area contributed by atoms with Crippen LogP contribution in [0.5, 0.6) is 0 Å². The number of hydrogen-bond acceptors (Lipinski definition) is 7. The molecule has 0 spiro atoms. The standard InChI is InChI=1S/C19H20ClN3O3S2/c1-2-8-26-19(25)23-7-5-12-13(10-21)18(28-16(12)11-23)22-17(24)4-3-15-14(20)6-9-27-15/h3-4,6,9,17,22,24H,2,5,7-8,11H2,1H3/b4-3+. The zero-order chi connectivity index (χ0) is 20.1. The predicted octanol–water partition coefficient (Wildman–Crippen LogP) is 4.68. The lowest BCUT2D eigenvalue weighted by atomic mass is 10.0. The Morgan fingerprint density at radius 1 is 1.61 bits per heavy atom. The second kappa shape index (κ2) is 9.43. The summed E-state index contributed by atoms with van der Waals surface area (Å²) in [6.45, 7) is 3.27. The molecule has 2 N–H and O–H groups in total. The first-order valence-electron chi connectivity index (χ1n) is 8.85. The maximum atomic E-state index is 12.1. The third-order valence-corrected chi connectivity index (χ3v) is 6.68. The van der Waals surface area contributed by atoms with Crippen LogP contribution in [0, 0.1) is 11.3 Å². The van der Waals surface area contributed by atoms with Gasteiger partial charge in [-0.05, 0) is 42.0 Å². The molecule has 1 aliphatic heterocycles. The van der Waals surface area contributed by atoms with Gasteiger partial charge >= 0.3 is 6.09 Å². The van der Waals surface area contributed by atoms with Crippen LogP contribution in [0.15, 0.2) is 17.5 Å². The molecule has 28 heavy (non-hydrogen) atoms. The van der Waals surface area contributed by atoms with Crippen LogP contribution in [0.3, 0.4) is 0 Å². The van der Waals surface area contributed by atoms with E-state index in [4.69, 9.17) is 16.3 Å². The Bertz CT molecular complexity index is 916. The van der Waals surface area contributed by atoms with Crippen molar-refractivity contribution in [2.24, 2.45) is 0 Å². The summed E-state index contributed by atoms with van der Waals surface area (Å²) >= 11 is 8.91. The highest BCUT2D eigenvalue weighted by molar-refractivity contribution is 7.16. The maximum Gasteiger partial charge on any atom is 0.410 e. The van der Waals surface area contributed by atoms with Crippen molar-refractivity contribution in [1.29, 1.82) is 5.26 Å². The van der Waals surface area contributed by atoms with E-state index in [1.165, 1.54) is 22.7 Å². The zero-order valence-corrected chi connectivity index (χ0v) is 17.7. The number of nitrogens with zero attached hydrogens (tertiary/aromatic N) is 2. The first-order valence-corrected chi connectivity index (χ1v) is 10.9. The molecule has 0 bridgehead atoms. The van der Waals surface area contributed by atoms with Gasteiger partial charge in [-0.25, -0.2) is 4.79 Å². The quantitative estimate of drug-likeness (QED) is 0.640. The van der Waals surface area contributed by atoms with E-state index in [2.05, 4.69) is 11.4 Å². The minimum Gasteiger partial charge on any atom is -0.449 e. The van der Waals surface area contributed by atoms with Crippen molar-refractivity contribution in [1.82, 2.24) is 4.90 Å². The van der Waals surface area contributed by atoms with Crippen LogP contribution in [0.2, 0.25) is 5.02 Å². The fourth-order valence-electron chi connectivity index (χ4n) is 2.85. The van der Waals surface area contributed by atoms with Gasteiger partial charge in [0.25, 0.3) is 0 Å². The average molecular weight is 438 g/mol. The topological polar surface area (TPSA) is 85.6 Å². The lowest BCUT2D eigenvalue weighted by Gasteiger charge is -2.26. The maximum absolute atomic E-state index is 12.1. The Morgan fingerprint density at radius 3 is 3.11 bits per heavy atom. The zero-order valence-electron chi connectivity index (χ0n) is 15.3. The van der Waals surface area contributed by atoms with Crippen LogP contribution >= 0.6 is 34.3 Å². The number of aliphatic hydroxyl groups excluding tert-OH is 1. The predicted molar refractivity (Wildman–Crippen MR) is 113 cm³/mol. The van der Waals surface area contributed by atoms with Gasteiger partial charge in [0.05, 0.1) is 23.7 Å². The molecule has 1 atom stereocenters. The largest absolute Gasteiger partial charge is 0.449 e. The molecule has 1 aliphatic rings. The highest BCUT2D eigenvalue weighted by Crippen LogP contribution is 2.37. The molecule has 6 nitrogen and oxygen atoms in total. The molecule has 148 valence electrons. The fraction of sp³-hybridized carbons (Fsp3) is 0.368. The highest BCUT2D eigenvalue weighted by Gasteiger charge is 2.28. The number of thiophene rings is 2. The lowest BCUT2D eigenvalue weighted by Crippen LogP contribution is -2.36. The molecule has 2 aromatic heterocycles. The molecule has 3 heterocycles. The van der Waals surface area contributed by atoms with Crippen molar-refractivity contribution in [2.45, 2.75) is 32.5 Å². The van der Waals surface area contributed by atoms with E-state index in [1.54, 1.807) is 23.1 Å². The van der Waals surface area contributed by atoms with Crippen LogP contribution in [-0.2, 0) is 17.7 Å². The Hall–Kier alpha value is -2.05. The smallest absolute Gasteiger partial charge is 0.410 e. The van der Waals surface area contributed by atoms with Crippen LogP contribution in [0.4, 0.5) is 9.80 Å². The molecule has 1 amide bonds. The van der Waals surface area contributed by atoms with E-state index in [0.717, 1.165) is 21.7 Å². The summed E-state index contributed by atoms with van der Waals surface area (Å²) in [5, 5.41) is 25.9. The molecular weight excluding hydrogens is 418 g/mol. The fourth-order valence-corrected chi connectivity index (χ4v) is 5.11. The first kappa shape index (κ1) is 20.7. The summed E-state index contributed by atoms with van der Waals surface area (Å²) in [4.78, 5) is 15.5. The minimum atomic E-state index is -0.962. The van der Waals surface area contributed by atoms with Crippen molar-refractivity contribution >= 4 is 51.4 Å². The summed E-state index contributed by atoms with van der Waals surface area (Å²) in [7, 11) is 0. The highest BCUT2D eigenvalue weighted by atomic mass is 35.5. The van der Waals surface area contributed by atoms with E-state index in [9.17, 15) is 15.2 Å². The third-order valence-electron chi connectivity index (χ3n) is 4.21. The SMILES string of the molecule is CCCOC(=O)N1CCc2c(sc(NC(O)/C=C/c3sccc3Cl)c2C#N)C1. The van der Waals surface area contributed by atoms with E-state index in [1.807, 2.05) is 12.3 Å². The molecule has 0 saturated heterocycles. The number of fused-ring (bicyclic) bond motifs is 1. The van der Waals surface area contributed by atoms with E-state index < -0.39 is 6.23 Å². The number of anilines is 1. The number of nitriles is 1. The van der Waals surface area contributed by atoms with Crippen molar-refractivity contribution < 1.29 is 14.6 Å². The number of ether oxygens (including phenoxy) is 1. The summed E-state index contributed by atoms with van der Waals surface area (Å²) < 4.78 is 5.20. The van der Waals surface area contributed by atoms with Crippen molar-refractivity contribution in [2.75, 3.05) is 18.5 Å². The number of hydrogen-bond donors (Lipinski definition) is 2. The van der Waals surface area contributed by atoms with Gasteiger partial charge in [-0.15, -0.1) is 22.7 Å². The molecular formula is C19H20ClN3O3S2. The second-order valence-corrected chi connectivity index (χ2v) is 8.65. The van der Waals surface area contributed by atoms with Gasteiger partial charge in [0, 0.05) is 16.3 Å². The molecule has 0 saturated carbocycles. The van der Waals surface area contributed by atoms with E-state index in [0.29, 0.717) is 41.7 Å². The van der Waals surface area contributed by atoms with Crippen LogP contribution in [0.1, 0.15) is 34.2 Å². The van der Waals surface area contributed by atoms with Gasteiger partial charge in [-0.1, -0.05) is 18.5 Å². The minimum absolute atomic E-state index is 0.329. The normalized spacial score (nSPS) is 14.6. The summed E-state index contributed by atoms with van der Waals surface area (Å²) in [5.41, 5.74) is 1.47. The van der Waals surface area contributed by atoms with Crippen molar-refractivity contribution in [3.63, 3.8) is 0 Å². The molecule has 1 unspecified atom stereocenters. The summed E-state index contributed by atoms with van der Waals surface area (Å²) in [6.07, 6.45) is 3.41. The number of halogens is 1. The van der Waals surface area contributed by atoms with Gasteiger partial charge in [0.2, 0.25) is 0 Å². The first-order chi connectivity index (χ1) is 13.5. The third kappa shape index (κ3) is 4.67. The Labute approximate surface area is 176 Å². The molecule has 0 radical (unpaired) electrons. The van der Waals surface area contributed by atoms with E-state index in [-0.39, 0.29) is 6.09 Å². The number of carbonyl (C=O) groups is 1. The van der Waals surface area contributed by atoms with Crippen LogP contribution < -0.4 is 5.32 Å². The average Bonchev–Trinajstić information content (AvgIpc) is 3.25. The van der Waals surface area contributed by atoms with Crippen molar-refractivity contribution in [3.05, 3.63) is 43.4 Å². The Kier molecular flexibility index (Phi) is 6.97. The number of amides is 1. The van der Waals surface area contributed by atoms with Crippen LogP contribution in [-0.4, -0.2) is 35.5 Å². The van der Waals surface area contributed by atoms with Gasteiger partial charge in [0.1, 0.15) is 17.3 Å². The number of aliphatic hydroxyl groups is 1. The summed E-state index contributed by atoms with van der Waals surface area (Å²) in [5.74, 6) is 0. The molecule has 0 aromatic carbocycles. The van der Waals surface area contributed by atoms with Gasteiger partial charge < -0.3 is 20.1 Å². The Morgan fingerprint density at radius 2 is 2.43 bits per heavy atom. The number of nitrogens with one attached hydrogen (secondary N) is 1.